The standard InChI is InChI=1S/C16H33N.C16H29N/c2*1-14(2,3)12-10-11-13(15(4,5)6)17(12)16(7,8)9/h12-13H,10-11H2,1-9H3;10-11H,1-9H3. The predicted molar refractivity (Wildman–Crippen MR) is 154 cm³/mol. The van der Waals surface area contributed by atoms with Gasteiger partial charge in [-0.3, -0.25) is 4.90 Å². The first-order chi connectivity index (χ1) is 14.7. The van der Waals surface area contributed by atoms with Gasteiger partial charge in [0.2, 0.25) is 0 Å². The molecule has 0 N–H and O–H groups in total. The smallest absolute Gasteiger partial charge is 0.0361 e. The van der Waals surface area contributed by atoms with Crippen molar-refractivity contribution in [2.45, 2.75) is 171 Å². The van der Waals surface area contributed by atoms with E-state index < -0.39 is 0 Å². The summed E-state index contributed by atoms with van der Waals surface area (Å²) in [6, 6.07) is 6.02. The highest BCUT2D eigenvalue weighted by Gasteiger charge is 2.48. The van der Waals surface area contributed by atoms with Crippen molar-refractivity contribution in [1.82, 2.24) is 9.47 Å². The van der Waals surface area contributed by atoms with Crippen LogP contribution in [-0.2, 0) is 16.4 Å². The van der Waals surface area contributed by atoms with Gasteiger partial charge in [0.25, 0.3) is 0 Å². The Morgan fingerprint density at radius 3 is 0.971 bits per heavy atom. The third-order valence-corrected chi connectivity index (χ3v) is 7.25. The molecule has 2 unspecified atom stereocenters. The van der Waals surface area contributed by atoms with E-state index in [1.54, 1.807) is 0 Å². The Morgan fingerprint density at radius 1 is 0.500 bits per heavy atom. The van der Waals surface area contributed by atoms with Crippen LogP contribution in [0.3, 0.4) is 0 Å². The van der Waals surface area contributed by atoms with Gasteiger partial charge in [0, 0.05) is 45.4 Å². The number of nitrogens with zero attached hydrogens (tertiary/aromatic N) is 2. The van der Waals surface area contributed by atoms with E-state index in [1.165, 1.54) is 24.2 Å². The molecule has 2 atom stereocenters. The Bertz CT molecular complexity index is 730. The van der Waals surface area contributed by atoms with Gasteiger partial charge >= 0.3 is 0 Å². The van der Waals surface area contributed by atoms with E-state index in [-0.39, 0.29) is 21.9 Å². The first-order valence-electron chi connectivity index (χ1n) is 13.7. The summed E-state index contributed by atoms with van der Waals surface area (Å²) in [5.74, 6) is 0. The Hall–Kier alpha value is -0.760. The lowest BCUT2D eigenvalue weighted by atomic mass is 9.82. The minimum absolute atomic E-state index is 0.134. The number of likely N-dealkylation sites (tertiary alicyclic amines) is 1. The SMILES string of the molecule is CC(C)(C)C1CCC(C(C)(C)C)N1C(C)(C)C.CC(C)(C)c1ccc(C(C)(C)C)n1C(C)(C)C. The molecule has 0 bridgehead atoms. The van der Waals surface area contributed by atoms with E-state index in [1.807, 2.05) is 0 Å². The van der Waals surface area contributed by atoms with E-state index in [4.69, 9.17) is 0 Å². The van der Waals surface area contributed by atoms with Crippen LogP contribution in [0.2, 0.25) is 0 Å². The van der Waals surface area contributed by atoms with Crippen molar-refractivity contribution in [3.8, 4) is 0 Å². The molecule has 1 aliphatic heterocycles. The van der Waals surface area contributed by atoms with Crippen LogP contribution in [0.25, 0.3) is 0 Å². The molecule has 2 heteroatoms. The van der Waals surface area contributed by atoms with Gasteiger partial charge in [-0.2, -0.15) is 0 Å². The normalized spacial score (nSPS) is 21.5. The van der Waals surface area contributed by atoms with Crippen LogP contribution in [0.5, 0.6) is 0 Å². The van der Waals surface area contributed by atoms with Crippen molar-refractivity contribution in [1.29, 1.82) is 0 Å². The van der Waals surface area contributed by atoms with Gasteiger partial charge in [-0.15, -0.1) is 0 Å². The topological polar surface area (TPSA) is 8.17 Å². The molecule has 2 heterocycles. The Morgan fingerprint density at radius 2 is 0.794 bits per heavy atom. The van der Waals surface area contributed by atoms with Gasteiger partial charge in [-0.25, -0.2) is 0 Å². The summed E-state index contributed by atoms with van der Waals surface area (Å²) in [4.78, 5) is 2.80. The molecular weight excluding hydrogens is 412 g/mol. The molecule has 34 heavy (non-hydrogen) atoms. The minimum Gasteiger partial charge on any atom is -0.342 e. The fraction of sp³-hybridized carbons (Fsp3) is 0.875. The van der Waals surface area contributed by atoms with E-state index in [0.29, 0.717) is 22.9 Å². The second kappa shape index (κ2) is 9.60. The van der Waals surface area contributed by atoms with Crippen LogP contribution in [0.4, 0.5) is 0 Å². The molecule has 1 aromatic heterocycles. The van der Waals surface area contributed by atoms with E-state index >= 15 is 0 Å². The monoisotopic (exact) mass is 474 g/mol. The first kappa shape index (κ1) is 31.3. The maximum atomic E-state index is 2.80. The summed E-state index contributed by atoms with van der Waals surface area (Å²) < 4.78 is 2.52. The Kier molecular flexibility index (Phi) is 8.83. The summed E-state index contributed by atoms with van der Waals surface area (Å²) in [5.41, 5.74) is 4.40. The zero-order chi connectivity index (χ0) is 27.3. The summed E-state index contributed by atoms with van der Waals surface area (Å²) in [5, 5.41) is 0. The molecule has 0 saturated carbocycles. The lowest BCUT2D eigenvalue weighted by Crippen LogP contribution is -2.56. The highest BCUT2D eigenvalue weighted by molar-refractivity contribution is 5.28. The zero-order valence-electron chi connectivity index (χ0n) is 26.6. The van der Waals surface area contributed by atoms with Crippen molar-refractivity contribution in [3.05, 3.63) is 23.5 Å². The third kappa shape index (κ3) is 7.62. The summed E-state index contributed by atoms with van der Waals surface area (Å²) in [6.45, 7) is 42.1. The van der Waals surface area contributed by atoms with Gasteiger partial charge < -0.3 is 4.57 Å². The van der Waals surface area contributed by atoms with Gasteiger partial charge in [0.15, 0.2) is 0 Å². The van der Waals surface area contributed by atoms with Crippen molar-refractivity contribution in [2.24, 2.45) is 10.8 Å². The molecular formula is C32H62N2. The van der Waals surface area contributed by atoms with Crippen molar-refractivity contribution >= 4 is 0 Å². The predicted octanol–water partition coefficient (Wildman–Crippen LogP) is 9.55. The van der Waals surface area contributed by atoms with E-state index in [0.717, 1.165) is 0 Å². The average Bonchev–Trinajstić information content (AvgIpc) is 3.17. The van der Waals surface area contributed by atoms with Gasteiger partial charge in [-0.1, -0.05) is 83.1 Å². The molecule has 1 aromatic rings. The van der Waals surface area contributed by atoms with E-state index in [2.05, 4.69) is 146 Å². The molecule has 1 fully saturated rings. The van der Waals surface area contributed by atoms with Crippen molar-refractivity contribution in [2.75, 3.05) is 0 Å². The Labute approximate surface area is 215 Å². The highest BCUT2D eigenvalue weighted by atomic mass is 15.3. The summed E-state index contributed by atoms with van der Waals surface area (Å²) in [6.07, 6.45) is 2.70. The zero-order valence-corrected chi connectivity index (χ0v) is 26.6. The molecule has 200 valence electrons. The Balaban J connectivity index is 0.000000340. The van der Waals surface area contributed by atoms with Crippen LogP contribution in [0.15, 0.2) is 12.1 Å². The lowest BCUT2D eigenvalue weighted by molar-refractivity contribution is -0.0103. The number of aromatic nitrogens is 1. The minimum atomic E-state index is 0.134. The number of hydrogen-bond acceptors (Lipinski definition) is 1. The number of hydrogen-bond donors (Lipinski definition) is 0. The fourth-order valence-corrected chi connectivity index (χ4v) is 5.78. The summed E-state index contributed by atoms with van der Waals surface area (Å²) in [7, 11) is 0. The molecule has 0 aliphatic carbocycles. The molecule has 0 radical (unpaired) electrons. The number of rotatable bonds is 0. The molecule has 2 rings (SSSR count). The lowest BCUT2D eigenvalue weighted by Gasteiger charge is -2.49. The second-order valence-electron chi connectivity index (χ2n) is 17.0. The largest absolute Gasteiger partial charge is 0.342 e. The molecule has 1 aliphatic rings. The van der Waals surface area contributed by atoms with Crippen LogP contribution in [0.1, 0.15) is 149 Å². The van der Waals surface area contributed by atoms with E-state index in [9.17, 15) is 0 Å². The molecule has 1 saturated heterocycles. The van der Waals surface area contributed by atoms with Crippen LogP contribution >= 0.6 is 0 Å². The molecule has 0 amide bonds. The van der Waals surface area contributed by atoms with Crippen LogP contribution in [-0.4, -0.2) is 27.1 Å². The van der Waals surface area contributed by atoms with Gasteiger partial charge in [-0.05, 0) is 77.3 Å². The maximum Gasteiger partial charge on any atom is 0.0361 e. The molecule has 2 nitrogen and oxygen atoms in total. The van der Waals surface area contributed by atoms with Crippen molar-refractivity contribution < 1.29 is 0 Å². The van der Waals surface area contributed by atoms with Gasteiger partial charge in [0.05, 0.1) is 0 Å². The first-order valence-corrected chi connectivity index (χ1v) is 13.7. The van der Waals surface area contributed by atoms with Crippen LogP contribution in [0, 0.1) is 10.8 Å². The highest BCUT2D eigenvalue weighted by Crippen LogP contribution is 2.45. The van der Waals surface area contributed by atoms with Gasteiger partial charge in [0.1, 0.15) is 0 Å². The van der Waals surface area contributed by atoms with Crippen LogP contribution < -0.4 is 0 Å². The molecule has 0 spiro atoms. The quantitative estimate of drug-likeness (QED) is 0.363. The average molecular weight is 475 g/mol. The molecule has 0 aromatic carbocycles. The van der Waals surface area contributed by atoms with Crippen molar-refractivity contribution in [3.63, 3.8) is 0 Å². The fourth-order valence-electron chi connectivity index (χ4n) is 5.78. The summed E-state index contributed by atoms with van der Waals surface area (Å²) >= 11 is 0. The second-order valence-corrected chi connectivity index (χ2v) is 17.0. The maximum absolute atomic E-state index is 2.80. The third-order valence-electron chi connectivity index (χ3n) is 7.25.